The van der Waals surface area contributed by atoms with Gasteiger partial charge < -0.3 is 5.11 Å². The molecule has 106 valence electrons. The standard InChI is InChI=1S/C18H16O3/c1-12(18(20)21)11-14-3-5-16(6-4-14)17-9-7-15(8-10-17)13(2)19/h3-11H,1-2H3,(H,20,21). The molecule has 0 saturated carbocycles. The zero-order valence-corrected chi connectivity index (χ0v) is 12.0. The van der Waals surface area contributed by atoms with Crippen LogP contribution in [-0.2, 0) is 4.79 Å². The molecule has 0 fully saturated rings. The zero-order chi connectivity index (χ0) is 15.4. The number of ketones is 1. The van der Waals surface area contributed by atoms with Gasteiger partial charge in [-0.05, 0) is 36.6 Å². The van der Waals surface area contributed by atoms with E-state index in [1.807, 2.05) is 36.4 Å². The fraction of sp³-hybridized carbons (Fsp3) is 0.111. The van der Waals surface area contributed by atoms with E-state index in [0.29, 0.717) is 11.1 Å². The molecule has 0 atom stereocenters. The van der Waals surface area contributed by atoms with Gasteiger partial charge in [0.25, 0.3) is 0 Å². The lowest BCUT2D eigenvalue weighted by Gasteiger charge is -2.04. The minimum atomic E-state index is -0.918. The van der Waals surface area contributed by atoms with Crippen LogP contribution in [0.5, 0.6) is 0 Å². The second-order valence-electron chi connectivity index (χ2n) is 4.89. The Kier molecular flexibility index (Phi) is 4.33. The first-order valence-corrected chi connectivity index (χ1v) is 6.60. The van der Waals surface area contributed by atoms with Crippen LogP contribution in [-0.4, -0.2) is 16.9 Å². The van der Waals surface area contributed by atoms with Gasteiger partial charge in [0.05, 0.1) is 0 Å². The molecule has 0 aliphatic heterocycles. The fourth-order valence-electron chi connectivity index (χ4n) is 1.98. The average Bonchev–Trinajstić information content (AvgIpc) is 2.48. The van der Waals surface area contributed by atoms with Crippen molar-refractivity contribution in [3.63, 3.8) is 0 Å². The molecule has 0 radical (unpaired) electrons. The smallest absolute Gasteiger partial charge is 0.331 e. The van der Waals surface area contributed by atoms with E-state index in [4.69, 9.17) is 5.11 Å². The van der Waals surface area contributed by atoms with Crippen LogP contribution in [0.15, 0.2) is 54.1 Å². The van der Waals surface area contributed by atoms with Crippen LogP contribution >= 0.6 is 0 Å². The van der Waals surface area contributed by atoms with Crippen molar-refractivity contribution in [2.45, 2.75) is 13.8 Å². The van der Waals surface area contributed by atoms with Gasteiger partial charge >= 0.3 is 5.97 Å². The Morgan fingerprint density at radius 1 is 0.857 bits per heavy atom. The van der Waals surface area contributed by atoms with E-state index in [-0.39, 0.29) is 5.78 Å². The maximum Gasteiger partial charge on any atom is 0.331 e. The summed E-state index contributed by atoms with van der Waals surface area (Å²) >= 11 is 0. The van der Waals surface area contributed by atoms with Gasteiger partial charge in [-0.25, -0.2) is 4.79 Å². The summed E-state index contributed by atoms with van der Waals surface area (Å²) in [5.41, 5.74) is 3.88. The highest BCUT2D eigenvalue weighted by Gasteiger charge is 2.02. The molecule has 0 aliphatic carbocycles. The van der Waals surface area contributed by atoms with E-state index in [0.717, 1.165) is 16.7 Å². The first kappa shape index (κ1) is 14.7. The number of hydrogen-bond acceptors (Lipinski definition) is 2. The number of aliphatic carboxylic acids is 1. The Balaban J connectivity index is 2.24. The molecule has 0 spiro atoms. The molecule has 2 aromatic carbocycles. The van der Waals surface area contributed by atoms with Crippen LogP contribution in [0.25, 0.3) is 17.2 Å². The summed E-state index contributed by atoms with van der Waals surface area (Å²) in [7, 11) is 0. The van der Waals surface area contributed by atoms with Gasteiger partial charge in [0.2, 0.25) is 0 Å². The summed E-state index contributed by atoms with van der Waals surface area (Å²) in [4.78, 5) is 22.0. The maximum atomic E-state index is 11.2. The Morgan fingerprint density at radius 3 is 1.76 bits per heavy atom. The van der Waals surface area contributed by atoms with Gasteiger partial charge in [-0.15, -0.1) is 0 Å². The molecule has 0 amide bonds. The number of carbonyl (C=O) groups is 2. The quantitative estimate of drug-likeness (QED) is 0.679. The number of rotatable bonds is 4. The van der Waals surface area contributed by atoms with Crippen molar-refractivity contribution in [2.24, 2.45) is 0 Å². The number of benzene rings is 2. The van der Waals surface area contributed by atoms with Crippen LogP contribution in [0.2, 0.25) is 0 Å². The molecule has 0 heterocycles. The summed E-state index contributed by atoms with van der Waals surface area (Å²) in [6, 6.07) is 15.0. The van der Waals surface area contributed by atoms with Crippen LogP contribution < -0.4 is 0 Å². The molecule has 2 rings (SSSR count). The SMILES string of the molecule is CC(=O)c1ccc(-c2ccc(C=C(C)C(=O)O)cc2)cc1. The van der Waals surface area contributed by atoms with Gasteiger partial charge in [-0.2, -0.15) is 0 Å². The largest absolute Gasteiger partial charge is 0.478 e. The number of carboxylic acids is 1. The molecule has 0 aromatic heterocycles. The number of carboxylic acid groups (broad SMARTS) is 1. The van der Waals surface area contributed by atoms with Crippen LogP contribution in [0.1, 0.15) is 29.8 Å². The third-order valence-corrected chi connectivity index (χ3v) is 3.26. The molecule has 0 saturated heterocycles. The summed E-state index contributed by atoms with van der Waals surface area (Å²) in [6.07, 6.45) is 1.63. The van der Waals surface area contributed by atoms with Crippen molar-refractivity contribution in [3.05, 3.63) is 65.2 Å². The topological polar surface area (TPSA) is 54.4 Å². The minimum absolute atomic E-state index is 0.0474. The van der Waals surface area contributed by atoms with Gasteiger partial charge in [-0.3, -0.25) is 4.79 Å². The summed E-state index contributed by atoms with van der Waals surface area (Å²) in [5, 5.41) is 8.85. The monoisotopic (exact) mass is 280 g/mol. The lowest BCUT2D eigenvalue weighted by molar-refractivity contribution is -0.132. The first-order valence-electron chi connectivity index (χ1n) is 6.60. The summed E-state index contributed by atoms with van der Waals surface area (Å²) in [5.74, 6) is -0.870. The van der Waals surface area contributed by atoms with Crippen molar-refractivity contribution < 1.29 is 14.7 Å². The lowest BCUT2D eigenvalue weighted by Crippen LogP contribution is -1.95. The number of hydrogen-bond donors (Lipinski definition) is 1. The number of Topliss-reactive ketones (excluding diaryl/α,β-unsaturated/α-hetero) is 1. The molecule has 3 nitrogen and oxygen atoms in total. The minimum Gasteiger partial charge on any atom is -0.478 e. The summed E-state index contributed by atoms with van der Waals surface area (Å²) < 4.78 is 0. The molecule has 0 aliphatic rings. The van der Waals surface area contributed by atoms with Crippen molar-refractivity contribution in [3.8, 4) is 11.1 Å². The Morgan fingerprint density at radius 2 is 1.33 bits per heavy atom. The van der Waals surface area contributed by atoms with Crippen LogP contribution in [0, 0.1) is 0 Å². The molecule has 21 heavy (non-hydrogen) atoms. The molecule has 2 aromatic rings. The average molecular weight is 280 g/mol. The van der Waals surface area contributed by atoms with E-state index in [9.17, 15) is 9.59 Å². The van der Waals surface area contributed by atoms with E-state index < -0.39 is 5.97 Å². The Bertz CT molecular complexity index is 692. The van der Waals surface area contributed by atoms with E-state index in [2.05, 4.69) is 0 Å². The first-order chi connectivity index (χ1) is 9.97. The van der Waals surface area contributed by atoms with Crippen LogP contribution in [0.4, 0.5) is 0 Å². The van der Waals surface area contributed by atoms with Gasteiger partial charge in [0, 0.05) is 11.1 Å². The van der Waals surface area contributed by atoms with Crippen molar-refractivity contribution in [2.75, 3.05) is 0 Å². The highest BCUT2D eigenvalue weighted by atomic mass is 16.4. The zero-order valence-electron chi connectivity index (χ0n) is 12.0. The van der Waals surface area contributed by atoms with Crippen molar-refractivity contribution in [1.82, 2.24) is 0 Å². The van der Waals surface area contributed by atoms with E-state index >= 15 is 0 Å². The predicted molar refractivity (Wildman–Crippen MR) is 83.2 cm³/mol. The predicted octanol–water partition coefficient (Wildman–Crippen LogP) is 4.04. The van der Waals surface area contributed by atoms with Crippen molar-refractivity contribution in [1.29, 1.82) is 0 Å². The van der Waals surface area contributed by atoms with E-state index in [1.54, 1.807) is 32.1 Å². The van der Waals surface area contributed by atoms with E-state index in [1.165, 1.54) is 0 Å². The summed E-state index contributed by atoms with van der Waals surface area (Å²) in [6.45, 7) is 3.11. The molecule has 0 unspecified atom stereocenters. The second kappa shape index (κ2) is 6.18. The maximum absolute atomic E-state index is 11.2. The third-order valence-electron chi connectivity index (χ3n) is 3.26. The molecule has 1 N–H and O–H groups in total. The lowest BCUT2D eigenvalue weighted by atomic mass is 10.0. The fourth-order valence-corrected chi connectivity index (χ4v) is 1.98. The third kappa shape index (κ3) is 3.66. The van der Waals surface area contributed by atoms with Gasteiger partial charge in [0.15, 0.2) is 5.78 Å². The number of carbonyl (C=O) groups excluding carboxylic acids is 1. The van der Waals surface area contributed by atoms with Gasteiger partial charge in [0.1, 0.15) is 0 Å². The normalized spacial score (nSPS) is 11.2. The second-order valence-corrected chi connectivity index (χ2v) is 4.89. The molecule has 3 heteroatoms. The highest BCUT2D eigenvalue weighted by molar-refractivity contribution is 5.94. The molecule has 0 bridgehead atoms. The Labute approximate surface area is 123 Å². The van der Waals surface area contributed by atoms with Gasteiger partial charge in [-0.1, -0.05) is 48.5 Å². The van der Waals surface area contributed by atoms with Crippen LogP contribution in [0.3, 0.4) is 0 Å². The van der Waals surface area contributed by atoms with Crippen molar-refractivity contribution >= 4 is 17.8 Å². The molecular weight excluding hydrogens is 264 g/mol. The highest BCUT2D eigenvalue weighted by Crippen LogP contribution is 2.21. The molecular formula is C18H16O3. The Hall–Kier alpha value is -2.68.